The summed E-state index contributed by atoms with van der Waals surface area (Å²) in [6.07, 6.45) is 3.10. The third-order valence-corrected chi connectivity index (χ3v) is 5.25. The van der Waals surface area contributed by atoms with Gasteiger partial charge in [-0.2, -0.15) is 0 Å². The predicted molar refractivity (Wildman–Crippen MR) is 111 cm³/mol. The van der Waals surface area contributed by atoms with Gasteiger partial charge in [-0.15, -0.1) is 11.3 Å². The van der Waals surface area contributed by atoms with Crippen molar-refractivity contribution in [1.82, 2.24) is 9.55 Å². The Hall–Kier alpha value is -2.67. The topological polar surface area (TPSA) is 70.4 Å². The summed E-state index contributed by atoms with van der Waals surface area (Å²) >= 11 is 1.41. The lowest BCUT2D eigenvalue weighted by molar-refractivity contribution is -0.147. The Morgan fingerprint density at radius 3 is 2.57 bits per heavy atom. The second-order valence-corrected chi connectivity index (χ2v) is 7.36. The molecule has 0 unspecified atom stereocenters. The highest BCUT2D eigenvalue weighted by molar-refractivity contribution is 7.17. The van der Waals surface area contributed by atoms with Crippen LogP contribution in [0.25, 0.3) is 21.3 Å². The van der Waals surface area contributed by atoms with Crippen LogP contribution in [-0.2, 0) is 9.53 Å². The molecule has 0 aliphatic carbocycles. The summed E-state index contributed by atoms with van der Waals surface area (Å²) in [7, 11) is 0. The zero-order valence-electron chi connectivity index (χ0n) is 16.3. The Morgan fingerprint density at radius 1 is 1.18 bits per heavy atom. The lowest BCUT2D eigenvalue weighted by atomic mass is 10.1. The molecule has 2 aromatic heterocycles. The standard InChI is InChI=1S/C21H24N2O4S/c1-4-10-26-16-8-6-15(7-9-16)17-12-28-19-18(17)20(24)23(13-22-19)14(3)21(25)27-11-5-2/h6-9,12-14H,4-5,10-11H2,1-3H3/t14-/m1/s1. The Bertz CT molecular complexity index is 1010. The smallest absolute Gasteiger partial charge is 0.328 e. The fraction of sp³-hybridized carbons (Fsp3) is 0.381. The van der Waals surface area contributed by atoms with Crippen molar-refractivity contribution in [3.8, 4) is 16.9 Å². The van der Waals surface area contributed by atoms with Crippen molar-refractivity contribution in [2.45, 2.75) is 39.7 Å². The van der Waals surface area contributed by atoms with E-state index in [1.807, 2.05) is 36.6 Å². The molecule has 0 fully saturated rings. The number of carbonyl (C=O) groups is 1. The van der Waals surface area contributed by atoms with Crippen LogP contribution in [0.15, 0.2) is 40.8 Å². The first-order valence-electron chi connectivity index (χ1n) is 9.45. The number of hydrogen-bond acceptors (Lipinski definition) is 6. The number of carbonyl (C=O) groups excluding carboxylic acids is 1. The first-order valence-corrected chi connectivity index (χ1v) is 10.3. The fourth-order valence-electron chi connectivity index (χ4n) is 2.82. The van der Waals surface area contributed by atoms with Gasteiger partial charge in [-0.25, -0.2) is 9.78 Å². The van der Waals surface area contributed by atoms with Crippen molar-refractivity contribution >= 4 is 27.5 Å². The number of ether oxygens (including phenoxy) is 2. The number of aromatic nitrogens is 2. The van der Waals surface area contributed by atoms with E-state index in [2.05, 4.69) is 11.9 Å². The van der Waals surface area contributed by atoms with Gasteiger partial charge in [0.1, 0.15) is 16.6 Å². The van der Waals surface area contributed by atoms with Gasteiger partial charge in [0.2, 0.25) is 0 Å². The Labute approximate surface area is 167 Å². The molecule has 0 saturated carbocycles. The molecule has 0 saturated heterocycles. The predicted octanol–water partition coefficient (Wildman–Crippen LogP) is 4.43. The summed E-state index contributed by atoms with van der Waals surface area (Å²) in [4.78, 5) is 30.3. The number of nitrogens with zero attached hydrogens (tertiary/aromatic N) is 2. The molecule has 0 amide bonds. The maximum absolute atomic E-state index is 13.1. The van der Waals surface area contributed by atoms with Gasteiger partial charge in [-0.1, -0.05) is 26.0 Å². The molecular weight excluding hydrogens is 376 g/mol. The molecule has 28 heavy (non-hydrogen) atoms. The van der Waals surface area contributed by atoms with E-state index >= 15 is 0 Å². The first-order chi connectivity index (χ1) is 13.6. The van der Waals surface area contributed by atoms with E-state index in [-0.39, 0.29) is 5.56 Å². The minimum absolute atomic E-state index is 0.242. The van der Waals surface area contributed by atoms with Gasteiger partial charge in [-0.3, -0.25) is 9.36 Å². The van der Waals surface area contributed by atoms with Gasteiger partial charge in [0.05, 0.1) is 24.9 Å². The second-order valence-electron chi connectivity index (χ2n) is 6.50. The highest BCUT2D eigenvalue weighted by Crippen LogP contribution is 2.32. The molecule has 0 N–H and O–H groups in total. The van der Waals surface area contributed by atoms with Crippen LogP contribution >= 0.6 is 11.3 Å². The molecule has 3 aromatic rings. The summed E-state index contributed by atoms with van der Waals surface area (Å²) in [5, 5.41) is 2.44. The zero-order chi connectivity index (χ0) is 20.1. The van der Waals surface area contributed by atoms with E-state index in [0.717, 1.165) is 29.7 Å². The Kier molecular flexibility index (Phi) is 6.46. The molecule has 1 atom stereocenters. The molecule has 2 heterocycles. The second kappa shape index (κ2) is 9.01. The van der Waals surface area contributed by atoms with E-state index < -0.39 is 12.0 Å². The minimum atomic E-state index is -0.728. The van der Waals surface area contributed by atoms with Crippen molar-refractivity contribution in [3.63, 3.8) is 0 Å². The van der Waals surface area contributed by atoms with E-state index in [1.54, 1.807) is 6.92 Å². The van der Waals surface area contributed by atoms with Gasteiger partial charge in [-0.05, 0) is 37.5 Å². The molecule has 0 aliphatic heterocycles. The molecule has 0 radical (unpaired) electrons. The molecule has 7 heteroatoms. The van der Waals surface area contributed by atoms with Crippen LogP contribution in [0.2, 0.25) is 0 Å². The third-order valence-electron chi connectivity index (χ3n) is 4.36. The third kappa shape index (κ3) is 4.09. The molecule has 1 aromatic carbocycles. The van der Waals surface area contributed by atoms with Gasteiger partial charge in [0, 0.05) is 10.9 Å². The van der Waals surface area contributed by atoms with Crippen LogP contribution in [0.4, 0.5) is 0 Å². The average molecular weight is 401 g/mol. The number of hydrogen-bond donors (Lipinski definition) is 0. The van der Waals surface area contributed by atoms with Crippen LogP contribution < -0.4 is 10.3 Å². The van der Waals surface area contributed by atoms with Crippen molar-refractivity contribution in [2.24, 2.45) is 0 Å². The van der Waals surface area contributed by atoms with Crippen LogP contribution in [0, 0.1) is 0 Å². The SMILES string of the molecule is CCCOC(=O)[C@@H](C)n1cnc2scc(-c3ccc(OCCC)cc3)c2c1=O. The van der Waals surface area contributed by atoms with E-state index in [4.69, 9.17) is 9.47 Å². The first kappa shape index (κ1) is 20.1. The quantitative estimate of drug-likeness (QED) is 0.523. The van der Waals surface area contributed by atoms with Crippen LogP contribution in [0.5, 0.6) is 5.75 Å². The maximum atomic E-state index is 13.1. The molecule has 0 bridgehead atoms. The molecule has 0 aliphatic rings. The van der Waals surface area contributed by atoms with Crippen molar-refractivity contribution in [2.75, 3.05) is 13.2 Å². The van der Waals surface area contributed by atoms with Crippen molar-refractivity contribution < 1.29 is 14.3 Å². The average Bonchev–Trinajstić information content (AvgIpc) is 3.15. The summed E-state index contributed by atoms with van der Waals surface area (Å²) in [6.45, 7) is 6.64. The summed E-state index contributed by atoms with van der Waals surface area (Å²) in [5.41, 5.74) is 1.48. The number of esters is 1. The van der Waals surface area contributed by atoms with E-state index in [9.17, 15) is 9.59 Å². The monoisotopic (exact) mass is 400 g/mol. The van der Waals surface area contributed by atoms with Gasteiger partial charge < -0.3 is 9.47 Å². The molecule has 3 rings (SSSR count). The number of rotatable bonds is 8. The minimum Gasteiger partial charge on any atom is -0.494 e. The zero-order valence-corrected chi connectivity index (χ0v) is 17.1. The largest absolute Gasteiger partial charge is 0.494 e. The van der Waals surface area contributed by atoms with Crippen LogP contribution in [-0.4, -0.2) is 28.7 Å². The molecule has 0 spiro atoms. The van der Waals surface area contributed by atoms with Crippen molar-refractivity contribution in [3.05, 3.63) is 46.3 Å². The maximum Gasteiger partial charge on any atom is 0.328 e. The van der Waals surface area contributed by atoms with E-state index in [0.29, 0.717) is 23.4 Å². The lowest BCUT2D eigenvalue weighted by Gasteiger charge is -2.14. The fourth-order valence-corrected chi connectivity index (χ4v) is 3.73. The summed E-state index contributed by atoms with van der Waals surface area (Å²) in [5.74, 6) is 0.368. The van der Waals surface area contributed by atoms with E-state index in [1.165, 1.54) is 22.2 Å². The van der Waals surface area contributed by atoms with Crippen LogP contribution in [0.3, 0.4) is 0 Å². The molecule has 6 nitrogen and oxygen atoms in total. The lowest BCUT2D eigenvalue weighted by Crippen LogP contribution is -2.29. The highest BCUT2D eigenvalue weighted by Gasteiger charge is 2.21. The Balaban J connectivity index is 1.97. The number of thiophene rings is 1. The van der Waals surface area contributed by atoms with Gasteiger partial charge in [0.15, 0.2) is 0 Å². The summed E-state index contributed by atoms with van der Waals surface area (Å²) in [6, 6.07) is 6.93. The number of fused-ring (bicyclic) bond motifs is 1. The van der Waals surface area contributed by atoms with Gasteiger partial charge >= 0.3 is 5.97 Å². The molecule has 148 valence electrons. The van der Waals surface area contributed by atoms with Crippen molar-refractivity contribution in [1.29, 1.82) is 0 Å². The highest BCUT2D eigenvalue weighted by atomic mass is 32.1. The Morgan fingerprint density at radius 2 is 1.89 bits per heavy atom. The summed E-state index contributed by atoms with van der Waals surface area (Å²) < 4.78 is 12.1. The normalized spacial score (nSPS) is 12.1. The number of benzene rings is 1. The van der Waals surface area contributed by atoms with Crippen LogP contribution in [0.1, 0.15) is 39.7 Å². The van der Waals surface area contributed by atoms with Gasteiger partial charge in [0.25, 0.3) is 5.56 Å². The molecular formula is C21H24N2O4S.